The fraction of sp³-hybridized carbons (Fsp3) is 0.150. The van der Waals surface area contributed by atoms with Gasteiger partial charge in [-0.1, -0.05) is 6.07 Å². The van der Waals surface area contributed by atoms with Crippen LogP contribution in [0.4, 0.5) is 5.69 Å². The Labute approximate surface area is 162 Å². The van der Waals surface area contributed by atoms with Crippen LogP contribution < -0.4 is 15.2 Å². The molecule has 0 saturated carbocycles. The Bertz CT molecular complexity index is 1190. The van der Waals surface area contributed by atoms with E-state index in [9.17, 15) is 13.2 Å². The molecule has 0 unspecified atom stereocenters. The van der Waals surface area contributed by atoms with Crippen LogP contribution in [0, 0.1) is 6.92 Å². The van der Waals surface area contributed by atoms with Crippen LogP contribution in [0.3, 0.4) is 0 Å². The van der Waals surface area contributed by atoms with Gasteiger partial charge in [-0.2, -0.15) is 0 Å². The first-order valence-corrected chi connectivity index (χ1v) is 9.92. The maximum atomic E-state index is 12.4. The van der Waals surface area contributed by atoms with Crippen molar-refractivity contribution in [3.05, 3.63) is 59.9 Å². The van der Waals surface area contributed by atoms with Crippen molar-refractivity contribution in [2.75, 3.05) is 12.4 Å². The average molecular weight is 400 g/mol. The van der Waals surface area contributed by atoms with Crippen LogP contribution in [0.5, 0.6) is 5.75 Å². The molecule has 8 heteroatoms. The Balaban J connectivity index is 1.90. The molecule has 0 bridgehead atoms. The number of anilines is 1. The van der Waals surface area contributed by atoms with Crippen molar-refractivity contribution in [3.63, 3.8) is 0 Å². The monoisotopic (exact) mass is 400 g/mol. The van der Waals surface area contributed by atoms with Crippen molar-refractivity contribution in [2.24, 2.45) is 5.14 Å². The number of sulfonamides is 1. The van der Waals surface area contributed by atoms with Crippen molar-refractivity contribution < 1.29 is 22.4 Å². The van der Waals surface area contributed by atoms with E-state index in [1.54, 1.807) is 32.4 Å². The third kappa shape index (κ3) is 4.08. The standard InChI is InChI=1S/C20H20N2O5S/c1-12(16-9-17-13(2)11-27-19(17)10-18(16)26-3)7-20(23)22-14-5-4-6-15(8-14)28(21,24)25/h4-11H,1-3H3,(H,22,23)(H2,21,24,25)/b12-7+. The van der Waals surface area contributed by atoms with Gasteiger partial charge >= 0.3 is 0 Å². The number of primary sulfonamides is 1. The van der Waals surface area contributed by atoms with Gasteiger partial charge in [0.2, 0.25) is 15.9 Å². The SMILES string of the molecule is COc1cc2occ(C)c2cc1/C(C)=C/C(=O)Nc1cccc(S(N)(=O)=O)c1. The maximum absolute atomic E-state index is 12.4. The number of fused-ring (bicyclic) bond motifs is 1. The highest BCUT2D eigenvalue weighted by Gasteiger charge is 2.13. The van der Waals surface area contributed by atoms with Gasteiger partial charge in [-0.3, -0.25) is 4.79 Å². The van der Waals surface area contributed by atoms with Crippen molar-refractivity contribution in [2.45, 2.75) is 18.7 Å². The van der Waals surface area contributed by atoms with Gasteiger partial charge in [0.25, 0.3) is 0 Å². The van der Waals surface area contributed by atoms with E-state index >= 15 is 0 Å². The Hall–Kier alpha value is -3.10. The topological polar surface area (TPSA) is 112 Å². The summed E-state index contributed by atoms with van der Waals surface area (Å²) in [5.41, 5.74) is 3.45. The molecule has 3 aromatic rings. The lowest BCUT2D eigenvalue weighted by molar-refractivity contribution is -0.111. The molecule has 0 aliphatic heterocycles. The zero-order valence-corrected chi connectivity index (χ0v) is 16.5. The first-order valence-electron chi connectivity index (χ1n) is 8.37. The molecule has 0 aliphatic rings. The van der Waals surface area contributed by atoms with E-state index in [0.717, 1.165) is 16.5 Å². The Morgan fingerprint density at radius 3 is 2.68 bits per heavy atom. The van der Waals surface area contributed by atoms with Gasteiger partial charge in [0, 0.05) is 28.8 Å². The minimum atomic E-state index is -3.85. The summed E-state index contributed by atoms with van der Waals surface area (Å²) in [6.07, 6.45) is 3.08. The summed E-state index contributed by atoms with van der Waals surface area (Å²) in [5, 5.41) is 8.70. The van der Waals surface area contributed by atoms with E-state index in [-0.39, 0.29) is 4.90 Å². The van der Waals surface area contributed by atoms with Gasteiger partial charge in [-0.05, 0) is 49.2 Å². The summed E-state index contributed by atoms with van der Waals surface area (Å²) in [4.78, 5) is 12.3. The van der Waals surface area contributed by atoms with E-state index in [2.05, 4.69) is 5.32 Å². The molecule has 1 heterocycles. The number of benzene rings is 2. The van der Waals surface area contributed by atoms with Gasteiger partial charge in [-0.25, -0.2) is 13.6 Å². The van der Waals surface area contributed by atoms with Crippen LogP contribution in [-0.4, -0.2) is 21.4 Å². The fourth-order valence-electron chi connectivity index (χ4n) is 2.86. The number of carbonyl (C=O) groups excluding carboxylic acids is 1. The minimum Gasteiger partial charge on any atom is -0.496 e. The zero-order chi connectivity index (χ0) is 20.5. The predicted molar refractivity (Wildman–Crippen MR) is 108 cm³/mol. The van der Waals surface area contributed by atoms with Crippen LogP contribution in [0.2, 0.25) is 0 Å². The van der Waals surface area contributed by atoms with Crippen LogP contribution in [-0.2, 0) is 14.8 Å². The summed E-state index contributed by atoms with van der Waals surface area (Å²) in [5.74, 6) is 0.176. The van der Waals surface area contributed by atoms with Crippen molar-refractivity contribution in [1.82, 2.24) is 0 Å². The van der Waals surface area contributed by atoms with Gasteiger partial charge in [0.1, 0.15) is 11.3 Å². The van der Waals surface area contributed by atoms with E-state index in [0.29, 0.717) is 22.6 Å². The first kappa shape index (κ1) is 19.7. The van der Waals surface area contributed by atoms with Gasteiger partial charge in [0.15, 0.2) is 0 Å². The normalized spacial score (nSPS) is 12.2. The van der Waals surface area contributed by atoms with Crippen LogP contribution in [0.15, 0.2) is 58.1 Å². The quantitative estimate of drug-likeness (QED) is 0.637. The molecule has 0 spiro atoms. The second kappa shape index (κ2) is 7.49. The molecule has 0 fully saturated rings. The molecule has 28 heavy (non-hydrogen) atoms. The molecule has 7 nitrogen and oxygen atoms in total. The van der Waals surface area contributed by atoms with Crippen molar-refractivity contribution in [3.8, 4) is 5.75 Å². The van der Waals surface area contributed by atoms with E-state index in [1.807, 2.05) is 13.0 Å². The number of hydrogen-bond acceptors (Lipinski definition) is 5. The molecule has 1 aromatic heterocycles. The summed E-state index contributed by atoms with van der Waals surface area (Å²) in [6, 6.07) is 9.44. The number of nitrogens with one attached hydrogen (secondary N) is 1. The third-order valence-electron chi connectivity index (χ3n) is 4.29. The smallest absolute Gasteiger partial charge is 0.248 e. The van der Waals surface area contributed by atoms with Crippen molar-refractivity contribution >= 4 is 38.2 Å². The number of aryl methyl sites for hydroxylation is 1. The second-order valence-corrected chi connectivity index (χ2v) is 7.92. The zero-order valence-electron chi connectivity index (χ0n) is 15.6. The number of ether oxygens (including phenoxy) is 1. The highest BCUT2D eigenvalue weighted by atomic mass is 32.2. The lowest BCUT2D eigenvalue weighted by Gasteiger charge is -2.10. The van der Waals surface area contributed by atoms with Gasteiger partial charge in [-0.15, -0.1) is 0 Å². The molecule has 0 radical (unpaired) electrons. The number of allylic oxidation sites excluding steroid dienone is 1. The Kier molecular flexibility index (Phi) is 5.26. The second-order valence-electron chi connectivity index (χ2n) is 6.36. The largest absolute Gasteiger partial charge is 0.496 e. The number of rotatable bonds is 5. The van der Waals surface area contributed by atoms with Crippen LogP contribution >= 0.6 is 0 Å². The first-order chi connectivity index (χ1) is 13.2. The van der Waals surface area contributed by atoms with E-state index in [1.165, 1.54) is 24.3 Å². The van der Waals surface area contributed by atoms with Crippen molar-refractivity contribution in [1.29, 1.82) is 0 Å². The molecular formula is C20H20N2O5S. The number of hydrogen-bond donors (Lipinski definition) is 2. The van der Waals surface area contributed by atoms with E-state index in [4.69, 9.17) is 14.3 Å². The molecule has 146 valence electrons. The molecule has 0 saturated heterocycles. The van der Waals surface area contributed by atoms with Crippen LogP contribution in [0.25, 0.3) is 16.5 Å². The van der Waals surface area contributed by atoms with Gasteiger partial charge in [0.05, 0.1) is 18.3 Å². The Morgan fingerprint density at radius 2 is 2.00 bits per heavy atom. The summed E-state index contributed by atoms with van der Waals surface area (Å²) in [7, 11) is -2.30. The summed E-state index contributed by atoms with van der Waals surface area (Å²) < 4.78 is 33.8. The Morgan fingerprint density at radius 1 is 1.25 bits per heavy atom. The van der Waals surface area contributed by atoms with Gasteiger partial charge < -0.3 is 14.5 Å². The molecule has 3 N–H and O–H groups in total. The third-order valence-corrected chi connectivity index (χ3v) is 5.20. The number of amides is 1. The number of carbonyl (C=O) groups is 1. The number of nitrogens with two attached hydrogens (primary N) is 1. The number of methoxy groups -OCH3 is 1. The molecule has 1 amide bonds. The van der Waals surface area contributed by atoms with E-state index < -0.39 is 15.9 Å². The van der Waals surface area contributed by atoms with Crippen LogP contribution in [0.1, 0.15) is 18.1 Å². The summed E-state index contributed by atoms with van der Waals surface area (Å²) >= 11 is 0. The maximum Gasteiger partial charge on any atom is 0.248 e. The fourth-order valence-corrected chi connectivity index (χ4v) is 3.42. The summed E-state index contributed by atoms with van der Waals surface area (Å²) in [6.45, 7) is 3.73. The molecule has 3 rings (SSSR count). The lowest BCUT2D eigenvalue weighted by atomic mass is 10.0. The molecule has 0 aliphatic carbocycles. The lowest BCUT2D eigenvalue weighted by Crippen LogP contribution is -2.13. The molecule has 2 aromatic carbocycles. The highest BCUT2D eigenvalue weighted by molar-refractivity contribution is 7.89. The predicted octanol–water partition coefficient (Wildman–Crippen LogP) is 3.44. The minimum absolute atomic E-state index is 0.0754. The molecule has 0 atom stereocenters. The number of furan rings is 1. The highest BCUT2D eigenvalue weighted by Crippen LogP contribution is 2.33. The average Bonchev–Trinajstić information content (AvgIpc) is 3.00. The molecular weight excluding hydrogens is 380 g/mol.